The van der Waals surface area contributed by atoms with Crippen LogP contribution in [0.2, 0.25) is 0 Å². The van der Waals surface area contributed by atoms with Crippen LogP contribution in [0.4, 0.5) is 4.39 Å². The van der Waals surface area contributed by atoms with E-state index in [4.69, 9.17) is 9.47 Å². The van der Waals surface area contributed by atoms with E-state index in [0.717, 1.165) is 16.7 Å². The van der Waals surface area contributed by atoms with Crippen molar-refractivity contribution in [2.24, 2.45) is 0 Å². The van der Waals surface area contributed by atoms with E-state index in [1.165, 1.54) is 19.2 Å². The van der Waals surface area contributed by atoms with Gasteiger partial charge in [0.2, 0.25) is 11.8 Å². The Morgan fingerprint density at radius 1 is 0.886 bits per heavy atom. The molecule has 0 bridgehead atoms. The van der Waals surface area contributed by atoms with E-state index in [9.17, 15) is 14.0 Å². The first-order valence-electron chi connectivity index (χ1n) is 11.5. The van der Waals surface area contributed by atoms with Crippen molar-refractivity contribution in [1.29, 1.82) is 0 Å². The lowest BCUT2D eigenvalue weighted by atomic mass is 10.0. The fourth-order valence-corrected chi connectivity index (χ4v) is 3.90. The summed E-state index contributed by atoms with van der Waals surface area (Å²) in [4.78, 5) is 28.4. The first kappa shape index (κ1) is 25.7. The molecule has 2 amide bonds. The number of nitrogens with one attached hydrogen (secondary N) is 1. The normalized spacial score (nSPS) is 11.4. The average molecular weight is 479 g/mol. The molecule has 0 saturated heterocycles. The molecule has 6 nitrogen and oxygen atoms in total. The first-order chi connectivity index (χ1) is 16.9. The predicted octanol–water partition coefficient (Wildman–Crippen LogP) is 4.16. The summed E-state index contributed by atoms with van der Waals surface area (Å²) >= 11 is 0. The molecule has 0 heterocycles. The van der Waals surface area contributed by atoms with Gasteiger partial charge in [-0.25, -0.2) is 4.39 Å². The molecule has 0 aliphatic carbocycles. The summed E-state index contributed by atoms with van der Waals surface area (Å²) in [5, 5.41) is 2.86. The topological polar surface area (TPSA) is 67.9 Å². The fraction of sp³-hybridized carbons (Fsp3) is 0.286. The number of hydrogen-bond donors (Lipinski definition) is 1. The first-order valence-corrected chi connectivity index (χ1v) is 11.5. The van der Waals surface area contributed by atoms with Crippen LogP contribution in [0.25, 0.3) is 0 Å². The number of hydrogen-bond acceptors (Lipinski definition) is 4. The number of likely N-dealkylation sites (N-methyl/N-ethyl adjacent to an activating group) is 1. The highest BCUT2D eigenvalue weighted by molar-refractivity contribution is 5.88. The van der Waals surface area contributed by atoms with Gasteiger partial charge in [0.15, 0.2) is 11.5 Å². The Morgan fingerprint density at radius 3 is 2.17 bits per heavy atom. The maximum atomic E-state index is 13.7. The van der Waals surface area contributed by atoms with Gasteiger partial charge < -0.3 is 19.7 Å². The van der Waals surface area contributed by atoms with Crippen LogP contribution in [-0.4, -0.2) is 43.5 Å². The zero-order valence-corrected chi connectivity index (χ0v) is 20.3. The number of methoxy groups -OCH3 is 2. The van der Waals surface area contributed by atoms with E-state index in [-0.39, 0.29) is 30.6 Å². The average Bonchev–Trinajstić information content (AvgIpc) is 2.87. The largest absolute Gasteiger partial charge is 0.493 e. The molecule has 35 heavy (non-hydrogen) atoms. The second-order valence-electron chi connectivity index (χ2n) is 8.11. The molecule has 184 valence electrons. The Kier molecular flexibility index (Phi) is 9.23. The van der Waals surface area contributed by atoms with Crippen molar-refractivity contribution in [3.8, 4) is 11.5 Å². The number of rotatable bonds is 11. The van der Waals surface area contributed by atoms with Gasteiger partial charge in [0.05, 0.1) is 20.6 Å². The summed E-state index contributed by atoms with van der Waals surface area (Å²) in [6, 6.07) is 20.1. The summed E-state index contributed by atoms with van der Waals surface area (Å²) in [5.41, 5.74) is 2.40. The van der Waals surface area contributed by atoms with Gasteiger partial charge in [-0.1, -0.05) is 48.5 Å². The van der Waals surface area contributed by atoms with Crippen LogP contribution in [0.1, 0.15) is 23.6 Å². The van der Waals surface area contributed by atoms with E-state index < -0.39 is 6.04 Å². The number of benzene rings is 3. The number of amides is 2. The van der Waals surface area contributed by atoms with Crippen molar-refractivity contribution in [1.82, 2.24) is 10.2 Å². The molecule has 3 aromatic rings. The summed E-state index contributed by atoms with van der Waals surface area (Å²) in [6.07, 6.45) is 0.414. The van der Waals surface area contributed by atoms with Gasteiger partial charge in [-0.15, -0.1) is 0 Å². The molecule has 1 atom stereocenters. The predicted molar refractivity (Wildman–Crippen MR) is 133 cm³/mol. The van der Waals surface area contributed by atoms with Crippen LogP contribution in [0.3, 0.4) is 0 Å². The summed E-state index contributed by atoms with van der Waals surface area (Å²) in [6.45, 7) is 2.45. The van der Waals surface area contributed by atoms with Gasteiger partial charge in [-0.05, 0) is 47.9 Å². The molecule has 0 aliphatic heterocycles. The second-order valence-corrected chi connectivity index (χ2v) is 8.11. The lowest BCUT2D eigenvalue weighted by Gasteiger charge is -2.31. The lowest BCUT2D eigenvalue weighted by molar-refractivity contribution is -0.140. The molecule has 3 rings (SSSR count). The van der Waals surface area contributed by atoms with E-state index in [1.54, 1.807) is 42.3 Å². The highest BCUT2D eigenvalue weighted by Crippen LogP contribution is 2.28. The van der Waals surface area contributed by atoms with Crippen molar-refractivity contribution in [3.63, 3.8) is 0 Å². The van der Waals surface area contributed by atoms with Crippen LogP contribution < -0.4 is 14.8 Å². The van der Waals surface area contributed by atoms with Gasteiger partial charge in [-0.3, -0.25) is 9.59 Å². The molecule has 0 saturated carbocycles. The fourth-order valence-electron chi connectivity index (χ4n) is 3.90. The Bertz CT molecular complexity index is 1120. The number of carbonyl (C=O) groups excluding carboxylic acids is 2. The van der Waals surface area contributed by atoms with Crippen molar-refractivity contribution in [2.45, 2.75) is 32.4 Å². The van der Waals surface area contributed by atoms with Gasteiger partial charge in [0.1, 0.15) is 11.9 Å². The summed E-state index contributed by atoms with van der Waals surface area (Å²) < 4.78 is 24.2. The molecule has 0 radical (unpaired) electrons. The summed E-state index contributed by atoms with van der Waals surface area (Å²) in [5.74, 6) is 0.262. The lowest BCUT2D eigenvalue weighted by Crippen LogP contribution is -2.50. The van der Waals surface area contributed by atoms with Crippen LogP contribution in [-0.2, 0) is 29.0 Å². The Balaban J connectivity index is 1.95. The molecular weight excluding hydrogens is 447 g/mol. The van der Waals surface area contributed by atoms with Crippen molar-refractivity contribution >= 4 is 11.8 Å². The van der Waals surface area contributed by atoms with Crippen LogP contribution in [0.15, 0.2) is 72.8 Å². The zero-order chi connectivity index (χ0) is 25.2. The minimum Gasteiger partial charge on any atom is -0.493 e. The molecule has 1 N–H and O–H groups in total. The third-order valence-electron chi connectivity index (χ3n) is 5.69. The van der Waals surface area contributed by atoms with E-state index in [1.807, 2.05) is 37.3 Å². The minimum atomic E-state index is -0.741. The number of carbonyl (C=O) groups is 2. The Hall–Kier alpha value is -3.87. The summed E-state index contributed by atoms with van der Waals surface area (Å²) in [7, 11) is 3.09. The number of halogens is 1. The highest BCUT2D eigenvalue weighted by Gasteiger charge is 2.30. The smallest absolute Gasteiger partial charge is 0.243 e. The molecule has 7 heteroatoms. The van der Waals surface area contributed by atoms with Gasteiger partial charge >= 0.3 is 0 Å². The standard InChI is InChI=1S/C28H31FN2O4/c1-4-30-28(33)24(16-20-8-6-5-7-9-20)31(19-21-10-13-23(29)14-11-21)27(32)18-22-12-15-25(34-2)26(17-22)35-3/h5-15,17,24H,4,16,18-19H2,1-3H3,(H,30,33)/t24-/m0/s1. The van der Waals surface area contributed by atoms with Crippen LogP contribution >= 0.6 is 0 Å². The third kappa shape index (κ3) is 7.06. The quantitative estimate of drug-likeness (QED) is 0.449. The van der Waals surface area contributed by atoms with Gasteiger partial charge in [-0.2, -0.15) is 0 Å². The van der Waals surface area contributed by atoms with Gasteiger partial charge in [0.25, 0.3) is 0 Å². The Labute approximate surface area is 205 Å². The highest BCUT2D eigenvalue weighted by atomic mass is 19.1. The maximum absolute atomic E-state index is 13.7. The number of nitrogens with zero attached hydrogens (tertiary/aromatic N) is 1. The minimum absolute atomic E-state index is 0.0617. The molecule has 3 aromatic carbocycles. The zero-order valence-electron chi connectivity index (χ0n) is 20.3. The molecular formula is C28H31FN2O4. The second kappa shape index (κ2) is 12.6. The molecule has 0 fully saturated rings. The van der Waals surface area contributed by atoms with Crippen molar-refractivity contribution in [2.75, 3.05) is 20.8 Å². The molecule has 0 aliphatic rings. The Morgan fingerprint density at radius 2 is 1.54 bits per heavy atom. The molecule has 0 unspecified atom stereocenters. The monoisotopic (exact) mass is 478 g/mol. The van der Waals surface area contributed by atoms with E-state index in [0.29, 0.717) is 24.5 Å². The van der Waals surface area contributed by atoms with Gasteiger partial charge in [0, 0.05) is 19.5 Å². The van der Waals surface area contributed by atoms with Crippen LogP contribution in [0, 0.1) is 5.82 Å². The number of ether oxygens (including phenoxy) is 2. The third-order valence-corrected chi connectivity index (χ3v) is 5.69. The van der Waals surface area contributed by atoms with E-state index >= 15 is 0 Å². The van der Waals surface area contributed by atoms with Crippen LogP contribution in [0.5, 0.6) is 11.5 Å². The molecule has 0 aromatic heterocycles. The van der Waals surface area contributed by atoms with Crippen molar-refractivity contribution in [3.05, 3.63) is 95.3 Å². The maximum Gasteiger partial charge on any atom is 0.243 e. The van der Waals surface area contributed by atoms with Crippen molar-refractivity contribution < 1.29 is 23.5 Å². The van der Waals surface area contributed by atoms with E-state index in [2.05, 4.69) is 5.32 Å². The molecule has 0 spiro atoms. The SMILES string of the molecule is CCNC(=O)[C@H](Cc1ccccc1)N(Cc1ccc(F)cc1)C(=O)Cc1ccc(OC)c(OC)c1.